The number of ether oxygens (including phenoxy) is 1. The largest absolute Gasteiger partial charge is 0.468 e. The van der Waals surface area contributed by atoms with Crippen LogP contribution in [-0.2, 0) is 14.1 Å². The summed E-state index contributed by atoms with van der Waals surface area (Å²) in [6.45, 7) is 1.42. The van der Waals surface area contributed by atoms with Crippen LogP contribution < -0.4 is 15.1 Å². The van der Waals surface area contributed by atoms with Gasteiger partial charge in [-0.25, -0.2) is 19.5 Å². The van der Waals surface area contributed by atoms with Gasteiger partial charge in [0.1, 0.15) is 17.6 Å². The molecule has 0 aliphatic carbocycles. The Labute approximate surface area is 104 Å². The quantitative estimate of drug-likeness (QED) is 0.624. The van der Waals surface area contributed by atoms with Crippen LogP contribution in [-0.4, -0.2) is 19.1 Å². The van der Waals surface area contributed by atoms with Gasteiger partial charge in [0.2, 0.25) is 0 Å². The molecule has 0 spiro atoms. The zero-order valence-corrected chi connectivity index (χ0v) is 10.8. The second kappa shape index (κ2) is 5.95. The molecule has 2 atom stereocenters. The molecular weight excluding hydrogens is 262 g/mol. The first-order chi connectivity index (χ1) is 8.34. The first-order valence-corrected chi connectivity index (χ1v) is 6.73. The summed E-state index contributed by atoms with van der Waals surface area (Å²) in [5.74, 6) is -1.18. The SMILES string of the molecule is COC(=O)[C@H](C)NP(N)(=O)Oc1cccc(F)c1. The maximum Gasteiger partial charge on any atom is 0.388 e. The Balaban J connectivity index is 2.70. The molecule has 0 bridgehead atoms. The summed E-state index contributed by atoms with van der Waals surface area (Å²) in [5, 5.41) is 2.29. The lowest BCUT2D eigenvalue weighted by molar-refractivity contribution is -0.142. The van der Waals surface area contributed by atoms with Gasteiger partial charge in [0.25, 0.3) is 0 Å². The summed E-state index contributed by atoms with van der Waals surface area (Å²) in [6.07, 6.45) is 0. The molecule has 18 heavy (non-hydrogen) atoms. The second-order valence-electron chi connectivity index (χ2n) is 3.52. The third-order valence-electron chi connectivity index (χ3n) is 1.97. The lowest BCUT2D eigenvalue weighted by Gasteiger charge is -2.18. The van der Waals surface area contributed by atoms with E-state index in [2.05, 4.69) is 9.82 Å². The number of carbonyl (C=O) groups is 1. The van der Waals surface area contributed by atoms with E-state index < -0.39 is 25.5 Å². The van der Waals surface area contributed by atoms with E-state index in [0.29, 0.717) is 0 Å². The molecule has 1 rings (SSSR count). The Hall–Kier alpha value is -1.43. The summed E-state index contributed by atoms with van der Waals surface area (Å²) in [7, 11) is -2.59. The zero-order chi connectivity index (χ0) is 13.8. The fourth-order valence-electron chi connectivity index (χ4n) is 1.21. The first kappa shape index (κ1) is 14.6. The summed E-state index contributed by atoms with van der Waals surface area (Å²) in [6, 6.07) is 4.11. The Kier molecular flexibility index (Phi) is 4.84. The Morgan fingerprint density at radius 3 is 2.78 bits per heavy atom. The number of nitrogens with two attached hydrogens (primary N) is 1. The maximum atomic E-state index is 12.9. The second-order valence-corrected chi connectivity index (χ2v) is 5.15. The Bertz CT molecular complexity index is 483. The minimum atomic E-state index is -3.77. The number of methoxy groups -OCH3 is 1. The molecule has 0 saturated heterocycles. The van der Waals surface area contributed by atoms with Gasteiger partial charge in [0, 0.05) is 6.07 Å². The van der Waals surface area contributed by atoms with Crippen LogP contribution in [0.15, 0.2) is 24.3 Å². The topological polar surface area (TPSA) is 90.6 Å². The molecule has 0 aliphatic rings. The molecule has 1 aromatic rings. The standard InChI is InChI=1S/C10H14FN2O4P/c1-7(10(14)16-2)13-18(12,15)17-9-5-3-4-8(11)6-9/h3-7H,1-2H3,(H3,12,13,15)/t7-,18?/m0/s1. The number of halogens is 1. The summed E-state index contributed by atoms with van der Waals surface area (Å²) >= 11 is 0. The summed E-state index contributed by atoms with van der Waals surface area (Å²) < 4.78 is 34.1. The molecule has 3 N–H and O–H groups in total. The molecule has 6 nitrogen and oxygen atoms in total. The van der Waals surface area contributed by atoms with Crippen LogP contribution >= 0.6 is 7.67 Å². The predicted octanol–water partition coefficient (Wildman–Crippen LogP) is 1.42. The Morgan fingerprint density at radius 2 is 2.22 bits per heavy atom. The molecule has 0 saturated carbocycles. The van der Waals surface area contributed by atoms with Crippen LogP contribution in [0, 0.1) is 5.82 Å². The highest BCUT2D eigenvalue weighted by atomic mass is 31.2. The molecule has 0 radical (unpaired) electrons. The van der Waals surface area contributed by atoms with Crippen LogP contribution in [0.2, 0.25) is 0 Å². The van der Waals surface area contributed by atoms with Crippen LogP contribution in [0.3, 0.4) is 0 Å². The number of esters is 1. The third kappa shape index (κ3) is 4.44. The van der Waals surface area contributed by atoms with Crippen molar-refractivity contribution in [2.45, 2.75) is 13.0 Å². The van der Waals surface area contributed by atoms with E-state index in [4.69, 9.17) is 10.0 Å². The number of rotatable bonds is 5. The van der Waals surface area contributed by atoms with Gasteiger partial charge in [-0.2, -0.15) is 0 Å². The van der Waals surface area contributed by atoms with Gasteiger partial charge in [-0.3, -0.25) is 4.79 Å². The highest BCUT2D eigenvalue weighted by Crippen LogP contribution is 2.35. The number of nitrogens with one attached hydrogen (secondary N) is 1. The first-order valence-electron chi connectivity index (χ1n) is 5.03. The van der Waals surface area contributed by atoms with Crippen molar-refractivity contribution in [3.05, 3.63) is 30.1 Å². The monoisotopic (exact) mass is 276 g/mol. The molecule has 8 heteroatoms. The zero-order valence-electron chi connectivity index (χ0n) is 9.92. The number of benzene rings is 1. The number of carbonyl (C=O) groups excluding carboxylic acids is 1. The van der Waals surface area contributed by atoms with Crippen molar-refractivity contribution in [3.63, 3.8) is 0 Å². The van der Waals surface area contributed by atoms with Crippen LogP contribution in [0.4, 0.5) is 4.39 Å². The van der Waals surface area contributed by atoms with Gasteiger partial charge < -0.3 is 9.26 Å². The highest BCUT2D eigenvalue weighted by Gasteiger charge is 2.25. The minimum absolute atomic E-state index is 0.00500. The van der Waals surface area contributed by atoms with Crippen molar-refractivity contribution >= 4 is 13.6 Å². The van der Waals surface area contributed by atoms with Gasteiger partial charge >= 0.3 is 13.6 Å². The van der Waals surface area contributed by atoms with Gasteiger partial charge in [0.15, 0.2) is 0 Å². The van der Waals surface area contributed by atoms with E-state index in [1.165, 1.54) is 32.2 Å². The van der Waals surface area contributed by atoms with Crippen LogP contribution in [0.1, 0.15) is 6.92 Å². The summed E-state index contributed by atoms with van der Waals surface area (Å²) in [4.78, 5) is 11.1. The molecule has 0 aromatic heterocycles. The minimum Gasteiger partial charge on any atom is -0.468 e. The van der Waals surface area contributed by atoms with Gasteiger partial charge in [-0.05, 0) is 19.1 Å². The average Bonchev–Trinajstić information content (AvgIpc) is 2.26. The van der Waals surface area contributed by atoms with Gasteiger partial charge in [0.05, 0.1) is 7.11 Å². The molecule has 0 heterocycles. The maximum absolute atomic E-state index is 12.9. The molecule has 1 unspecified atom stereocenters. The van der Waals surface area contributed by atoms with Gasteiger partial charge in [-0.15, -0.1) is 0 Å². The predicted molar refractivity (Wildman–Crippen MR) is 63.4 cm³/mol. The van der Waals surface area contributed by atoms with Crippen molar-refractivity contribution in [2.75, 3.05) is 7.11 Å². The van der Waals surface area contributed by atoms with Crippen molar-refractivity contribution in [2.24, 2.45) is 5.50 Å². The van der Waals surface area contributed by atoms with Crippen molar-refractivity contribution in [1.29, 1.82) is 0 Å². The Morgan fingerprint density at radius 1 is 1.56 bits per heavy atom. The lowest BCUT2D eigenvalue weighted by atomic mass is 10.3. The van der Waals surface area contributed by atoms with E-state index >= 15 is 0 Å². The fourth-order valence-corrected chi connectivity index (χ4v) is 2.33. The highest BCUT2D eigenvalue weighted by molar-refractivity contribution is 7.54. The van der Waals surface area contributed by atoms with Crippen molar-refractivity contribution in [3.8, 4) is 5.75 Å². The van der Waals surface area contributed by atoms with Crippen LogP contribution in [0.25, 0.3) is 0 Å². The number of hydrogen-bond donors (Lipinski definition) is 2. The average molecular weight is 276 g/mol. The molecule has 1 aromatic carbocycles. The molecule has 100 valence electrons. The normalized spacial score (nSPS) is 15.6. The van der Waals surface area contributed by atoms with Crippen molar-refractivity contribution < 1.29 is 23.0 Å². The van der Waals surface area contributed by atoms with E-state index in [-0.39, 0.29) is 5.75 Å². The number of hydrogen-bond acceptors (Lipinski definition) is 4. The smallest absolute Gasteiger partial charge is 0.388 e. The van der Waals surface area contributed by atoms with E-state index in [1.807, 2.05) is 0 Å². The van der Waals surface area contributed by atoms with E-state index in [9.17, 15) is 13.8 Å². The van der Waals surface area contributed by atoms with E-state index in [0.717, 1.165) is 6.07 Å². The molecule has 0 amide bonds. The van der Waals surface area contributed by atoms with Crippen molar-refractivity contribution in [1.82, 2.24) is 5.09 Å². The van der Waals surface area contributed by atoms with E-state index in [1.54, 1.807) is 0 Å². The molecule has 0 aliphatic heterocycles. The van der Waals surface area contributed by atoms with Crippen LogP contribution in [0.5, 0.6) is 5.75 Å². The molecule has 0 fully saturated rings. The lowest BCUT2D eigenvalue weighted by Crippen LogP contribution is -2.36. The van der Waals surface area contributed by atoms with Gasteiger partial charge in [-0.1, -0.05) is 6.07 Å². The molecular formula is C10H14FN2O4P. The fraction of sp³-hybridized carbons (Fsp3) is 0.300. The summed E-state index contributed by atoms with van der Waals surface area (Å²) in [5.41, 5.74) is 5.38. The third-order valence-corrected chi connectivity index (χ3v) is 3.19.